The van der Waals surface area contributed by atoms with E-state index in [4.69, 9.17) is 10.7 Å². The van der Waals surface area contributed by atoms with Gasteiger partial charge in [-0.25, -0.2) is 9.95 Å². The Hall–Kier alpha value is -1.26. The average molecular weight is 182 g/mol. The summed E-state index contributed by atoms with van der Waals surface area (Å²) < 4.78 is 0. The van der Waals surface area contributed by atoms with Gasteiger partial charge in [-0.3, -0.25) is 0 Å². The number of hydrogen-bond acceptors (Lipinski definition) is 4. The van der Waals surface area contributed by atoms with Crippen LogP contribution in [0.2, 0.25) is 0 Å². The minimum absolute atomic E-state index is 0.706. The van der Waals surface area contributed by atoms with Crippen molar-refractivity contribution in [2.75, 3.05) is 24.5 Å². The first-order valence-corrected chi connectivity index (χ1v) is 4.11. The van der Waals surface area contributed by atoms with Gasteiger partial charge in [-0.2, -0.15) is 0 Å². The van der Waals surface area contributed by atoms with E-state index in [-0.39, 0.29) is 0 Å². The van der Waals surface area contributed by atoms with Crippen LogP contribution in [0.1, 0.15) is 6.92 Å². The van der Waals surface area contributed by atoms with E-state index in [0.29, 0.717) is 6.54 Å². The highest BCUT2D eigenvalue weighted by Gasteiger charge is 2.03. The Kier molecular flexibility index (Phi) is 3.54. The number of rotatable bonds is 4. The maximum atomic E-state index is 5.55. The first-order valence-electron chi connectivity index (χ1n) is 4.11. The summed E-state index contributed by atoms with van der Waals surface area (Å²) in [6.07, 6.45) is 0. The quantitative estimate of drug-likeness (QED) is 0.436. The van der Waals surface area contributed by atoms with Crippen molar-refractivity contribution in [2.45, 2.75) is 6.92 Å². The van der Waals surface area contributed by atoms with Gasteiger partial charge in [-0.05, 0) is 31.2 Å². The molecule has 72 valence electrons. The minimum atomic E-state index is 0.706. The monoisotopic (exact) mass is 182 g/mol. The highest BCUT2D eigenvalue weighted by atomic mass is 17.3. The third kappa shape index (κ3) is 2.61. The summed E-state index contributed by atoms with van der Waals surface area (Å²) in [5.74, 6) is 0. The van der Waals surface area contributed by atoms with E-state index < -0.39 is 0 Å². The lowest BCUT2D eigenvalue weighted by molar-refractivity contribution is -0.282. The fourth-order valence-corrected chi connectivity index (χ4v) is 1.01. The second-order valence-corrected chi connectivity index (χ2v) is 2.53. The number of hydroxylamine groups is 1. The molecule has 0 aromatic heterocycles. The van der Waals surface area contributed by atoms with Gasteiger partial charge in [0.25, 0.3) is 0 Å². The van der Waals surface area contributed by atoms with Crippen LogP contribution in [0.15, 0.2) is 24.3 Å². The van der Waals surface area contributed by atoms with Crippen LogP contribution in [-0.4, -0.2) is 13.7 Å². The van der Waals surface area contributed by atoms with E-state index in [9.17, 15) is 0 Å². The molecule has 0 atom stereocenters. The van der Waals surface area contributed by atoms with E-state index in [1.165, 1.54) is 7.11 Å². The first-order chi connectivity index (χ1) is 6.27. The van der Waals surface area contributed by atoms with Crippen molar-refractivity contribution in [1.29, 1.82) is 0 Å². The van der Waals surface area contributed by atoms with Gasteiger partial charge in [-0.15, -0.1) is 4.99 Å². The van der Waals surface area contributed by atoms with Crippen LogP contribution in [0, 0.1) is 0 Å². The van der Waals surface area contributed by atoms with E-state index in [0.717, 1.165) is 11.4 Å². The van der Waals surface area contributed by atoms with Crippen LogP contribution in [0.25, 0.3) is 0 Å². The second-order valence-electron chi connectivity index (χ2n) is 2.53. The molecule has 0 fully saturated rings. The summed E-state index contributed by atoms with van der Waals surface area (Å²) >= 11 is 0. The molecule has 4 heteroatoms. The summed E-state index contributed by atoms with van der Waals surface area (Å²) in [7, 11) is 1.47. The topological polar surface area (TPSA) is 47.7 Å². The van der Waals surface area contributed by atoms with Gasteiger partial charge in [0.2, 0.25) is 0 Å². The predicted octanol–water partition coefficient (Wildman–Crippen LogP) is 1.59. The number of nitrogens with two attached hydrogens (primary N) is 1. The van der Waals surface area contributed by atoms with Crippen molar-refractivity contribution in [3.05, 3.63) is 24.3 Å². The number of hydrogen-bond donors (Lipinski definition) is 1. The van der Waals surface area contributed by atoms with Crippen LogP contribution in [0.4, 0.5) is 11.4 Å². The normalized spacial score (nSPS) is 10.0. The molecule has 2 N–H and O–H groups in total. The molecular weight excluding hydrogens is 168 g/mol. The number of nitrogen functional groups attached to an aromatic ring is 1. The summed E-state index contributed by atoms with van der Waals surface area (Å²) in [6, 6.07) is 7.38. The third-order valence-electron chi connectivity index (χ3n) is 1.63. The van der Waals surface area contributed by atoms with Crippen molar-refractivity contribution in [1.82, 2.24) is 0 Å². The van der Waals surface area contributed by atoms with Gasteiger partial charge in [0.05, 0.1) is 12.8 Å². The number of anilines is 2. The molecule has 0 aliphatic rings. The summed E-state index contributed by atoms with van der Waals surface area (Å²) in [5.41, 5.74) is 7.20. The Morgan fingerprint density at radius 3 is 2.38 bits per heavy atom. The van der Waals surface area contributed by atoms with Gasteiger partial charge >= 0.3 is 0 Å². The maximum Gasteiger partial charge on any atom is 0.0738 e. The zero-order valence-corrected chi connectivity index (χ0v) is 7.86. The van der Waals surface area contributed by atoms with Gasteiger partial charge in [0.1, 0.15) is 0 Å². The lowest BCUT2D eigenvalue weighted by atomic mass is 10.3. The summed E-state index contributed by atoms with van der Waals surface area (Å²) in [6.45, 7) is 2.67. The summed E-state index contributed by atoms with van der Waals surface area (Å²) in [5, 5.41) is 1.62. The Morgan fingerprint density at radius 2 is 1.92 bits per heavy atom. The van der Waals surface area contributed by atoms with Crippen LogP contribution in [0.3, 0.4) is 0 Å². The SMILES string of the molecule is CCN(OOC)c1ccc(N)cc1. The van der Waals surface area contributed by atoms with E-state index in [2.05, 4.69) is 4.89 Å². The number of benzene rings is 1. The predicted molar refractivity (Wildman–Crippen MR) is 52.0 cm³/mol. The summed E-state index contributed by atoms with van der Waals surface area (Å²) in [4.78, 5) is 9.48. The van der Waals surface area contributed by atoms with Gasteiger partial charge in [-0.1, -0.05) is 0 Å². The standard InChI is InChI=1S/C9H14N2O2/c1-3-11(13-12-2)9-6-4-8(10)5-7-9/h4-7H,3,10H2,1-2H3. The van der Waals surface area contributed by atoms with Crippen molar-refractivity contribution < 1.29 is 9.88 Å². The zero-order valence-electron chi connectivity index (χ0n) is 7.86. The van der Waals surface area contributed by atoms with Gasteiger partial charge in [0, 0.05) is 12.2 Å². The molecule has 0 aliphatic heterocycles. The van der Waals surface area contributed by atoms with E-state index in [1.807, 2.05) is 31.2 Å². The molecule has 0 radical (unpaired) electrons. The van der Waals surface area contributed by atoms with Crippen molar-refractivity contribution in [3.8, 4) is 0 Å². The van der Waals surface area contributed by atoms with Crippen LogP contribution in [-0.2, 0) is 9.88 Å². The maximum absolute atomic E-state index is 5.55. The number of nitrogens with zero attached hydrogens (tertiary/aromatic N) is 1. The molecule has 1 aromatic rings. The fourth-order valence-electron chi connectivity index (χ4n) is 1.01. The minimum Gasteiger partial charge on any atom is -0.399 e. The molecule has 0 heterocycles. The van der Waals surface area contributed by atoms with Crippen LogP contribution < -0.4 is 10.8 Å². The smallest absolute Gasteiger partial charge is 0.0738 e. The average Bonchev–Trinajstić information content (AvgIpc) is 2.16. The molecule has 0 amide bonds. The largest absolute Gasteiger partial charge is 0.399 e. The lowest BCUT2D eigenvalue weighted by Gasteiger charge is -2.18. The molecule has 0 unspecified atom stereocenters. The molecular formula is C9H14N2O2. The Labute approximate surface area is 77.7 Å². The molecule has 13 heavy (non-hydrogen) atoms. The first kappa shape index (κ1) is 9.83. The third-order valence-corrected chi connectivity index (χ3v) is 1.63. The molecule has 1 rings (SSSR count). The molecule has 0 bridgehead atoms. The Morgan fingerprint density at radius 1 is 1.31 bits per heavy atom. The molecule has 0 aliphatic carbocycles. The fraction of sp³-hybridized carbons (Fsp3) is 0.333. The van der Waals surface area contributed by atoms with Crippen LogP contribution in [0.5, 0.6) is 0 Å². The van der Waals surface area contributed by atoms with Crippen LogP contribution >= 0.6 is 0 Å². The van der Waals surface area contributed by atoms with E-state index in [1.54, 1.807) is 5.06 Å². The lowest BCUT2D eigenvalue weighted by Crippen LogP contribution is -2.22. The van der Waals surface area contributed by atoms with Crippen molar-refractivity contribution in [2.24, 2.45) is 0 Å². The molecule has 4 nitrogen and oxygen atoms in total. The molecule has 0 spiro atoms. The van der Waals surface area contributed by atoms with Crippen molar-refractivity contribution in [3.63, 3.8) is 0 Å². The zero-order chi connectivity index (χ0) is 9.68. The second kappa shape index (κ2) is 4.69. The van der Waals surface area contributed by atoms with Gasteiger partial charge < -0.3 is 5.73 Å². The van der Waals surface area contributed by atoms with E-state index >= 15 is 0 Å². The van der Waals surface area contributed by atoms with Crippen molar-refractivity contribution >= 4 is 11.4 Å². The highest BCUT2D eigenvalue weighted by molar-refractivity contribution is 5.51. The van der Waals surface area contributed by atoms with Gasteiger partial charge in [0.15, 0.2) is 0 Å². The Bertz CT molecular complexity index is 248. The highest BCUT2D eigenvalue weighted by Crippen LogP contribution is 2.16. The molecule has 1 aromatic carbocycles. The Balaban J connectivity index is 2.73. The molecule has 0 saturated carbocycles. The molecule has 0 saturated heterocycles.